The summed E-state index contributed by atoms with van der Waals surface area (Å²) in [4.78, 5) is 11.1. The fraction of sp³-hybridized carbons (Fsp3) is 0.900. The molecule has 0 amide bonds. The molecule has 1 saturated heterocycles. The molecule has 88 valence electrons. The van der Waals surface area contributed by atoms with Crippen LogP contribution in [0.4, 0.5) is 0 Å². The van der Waals surface area contributed by atoms with Crippen LogP contribution in [0.1, 0.15) is 34.1 Å². The minimum Gasteiger partial charge on any atom is -0.784 e. The van der Waals surface area contributed by atoms with Crippen LogP contribution >= 0.6 is 0 Å². The summed E-state index contributed by atoms with van der Waals surface area (Å²) in [5.41, 5.74) is 4.28. The lowest BCUT2D eigenvalue weighted by atomic mass is 9.71. The van der Waals surface area contributed by atoms with Gasteiger partial charge in [0.25, 0.3) is 0 Å². The minimum absolute atomic E-state index is 0.400. The zero-order chi connectivity index (χ0) is 12.0. The molecule has 1 fully saturated rings. The van der Waals surface area contributed by atoms with Crippen molar-refractivity contribution in [1.29, 1.82) is 0 Å². The highest BCUT2D eigenvalue weighted by Crippen LogP contribution is 2.40. The molecule has 0 spiro atoms. The van der Waals surface area contributed by atoms with Crippen molar-refractivity contribution in [3.8, 4) is 0 Å². The standard InChI is InChI=1S/C10H19N2O3/c1-9(2)5-6(11)7(8(13)14)10(3,4)12(9)15/h6-7H,5,11H2,1-4H3,(H,13,14)/q-1. The minimum atomic E-state index is -0.996. The molecule has 2 unspecified atom stereocenters. The quantitative estimate of drug-likeness (QED) is 0.674. The van der Waals surface area contributed by atoms with Crippen LogP contribution in [0.15, 0.2) is 0 Å². The van der Waals surface area contributed by atoms with Gasteiger partial charge >= 0.3 is 5.97 Å². The molecule has 0 radical (unpaired) electrons. The number of nitrogens with two attached hydrogens (primary N) is 1. The molecule has 15 heavy (non-hydrogen) atoms. The van der Waals surface area contributed by atoms with E-state index in [0.717, 1.165) is 5.06 Å². The zero-order valence-corrected chi connectivity index (χ0v) is 9.65. The molecule has 5 heteroatoms. The Labute approximate surface area is 89.8 Å². The topological polar surface area (TPSA) is 89.6 Å². The predicted molar refractivity (Wildman–Crippen MR) is 57.1 cm³/mol. The number of carboxylic acid groups (broad SMARTS) is 1. The van der Waals surface area contributed by atoms with Crippen molar-refractivity contribution < 1.29 is 9.90 Å². The molecule has 1 aliphatic heterocycles. The van der Waals surface area contributed by atoms with Gasteiger partial charge in [0.15, 0.2) is 0 Å². The van der Waals surface area contributed by atoms with Crippen molar-refractivity contribution in [2.45, 2.75) is 51.2 Å². The molecule has 0 aliphatic carbocycles. The third-order valence-corrected chi connectivity index (χ3v) is 3.26. The number of piperidine rings is 1. The summed E-state index contributed by atoms with van der Waals surface area (Å²) in [6.45, 7) is 6.86. The van der Waals surface area contributed by atoms with Gasteiger partial charge in [-0.25, -0.2) is 0 Å². The Morgan fingerprint density at radius 2 is 1.93 bits per heavy atom. The van der Waals surface area contributed by atoms with Gasteiger partial charge in [0, 0.05) is 17.1 Å². The molecule has 5 nitrogen and oxygen atoms in total. The molecule has 1 rings (SSSR count). The number of carboxylic acids is 1. The normalized spacial score (nSPS) is 35.1. The van der Waals surface area contributed by atoms with Gasteiger partial charge in [-0.2, -0.15) is 0 Å². The number of hydrogen-bond acceptors (Lipinski definition) is 4. The molecular formula is C10H19N2O3-. The van der Waals surface area contributed by atoms with Crippen LogP contribution in [0.25, 0.3) is 0 Å². The van der Waals surface area contributed by atoms with E-state index in [0.29, 0.717) is 6.42 Å². The molecule has 0 aromatic heterocycles. The average Bonchev–Trinajstić information content (AvgIpc) is 1.98. The van der Waals surface area contributed by atoms with E-state index in [9.17, 15) is 10.0 Å². The number of hydroxylamine groups is 2. The average molecular weight is 215 g/mol. The van der Waals surface area contributed by atoms with Crippen molar-refractivity contribution in [3.63, 3.8) is 0 Å². The van der Waals surface area contributed by atoms with Crippen molar-refractivity contribution in [3.05, 3.63) is 5.21 Å². The Morgan fingerprint density at radius 3 is 2.33 bits per heavy atom. The van der Waals surface area contributed by atoms with Crippen LogP contribution in [-0.4, -0.2) is 33.3 Å². The van der Waals surface area contributed by atoms with Gasteiger partial charge in [-0.1, -0.05) is 0 Å². The van der Waals surface area contributed by atoms with Gasteiger partial charge in [0.05, 0.1) is 5.92 Å². The van der Waals surface area contributed by atoms with Crippen LogP contribution in [-0.2, 0) is 4.79 Å². The molecule has 2 atom stereocenters. The maximum atomic E-state index is 12.0. The van der Waals surface area contributed by atoms with Gasteiger partial charge in [-0.3, -0.25) is 4.79 Å². The third-order valence-electron chi connectivity index (χ3n) is 3.26. The number of hydrogen-bond donors (Lipinski definition) is 2. The Morgan fingerprint density at radius 1 is 1.47 bits per heavy atom. The molecule has 0 saturated carbocycles. The van der Waals surface area contributed by atoms with Crippen molar-refractivity contribution in [2.75, 3.05) is 0 Å². The summed E-state index contributed by atoms with van der Waals surface area (Å²) < 4.78 is 0. The van der Waals surface area contributed by atoms with Crippen LogP contribution in [0.3, 0.4) is 0 Å². The monoisotopic (exact) mass is 215 g/mol. The van der Waals surface area contributed by atoms with E-state index < -0.39 is 29.0 Å². The SMILES string of the molecule is CC1(C)CC(N)C(C(=O)O)C(C)(C)N1[O-]. The molecule has 0 bridgehead atoms. The van der Waals surface area contributed by atoms with Crippen LogP contribution in [0.2, 0.25) is 0 Å². The van der Waals surface area contributed by atoms with E-state index in [1.54, 1.807) is 27.7 Å². The molecule has 3 N–H and O–H groups in total. The van der Waals surface area contributed by atoms with E-state index >= 15 is 0 Å². The van der Waals surface area contributed by atoms with Crippen molar-refractivity contribution >= 4 is 5.97 Å². The Bertz CT molecular complexity index is 276. The van der Waals surface area contributed by atoms with Gasteiger partial charge in [0.1, 0.15) is 0 Å². The maximum Gasteiger partial charge on any atom is 0.309 e. The number of nitrogens with zero attached hydrogens (tertiary/aromatic N) is 1. The third kappa shape index (κ3) is 1.87. The first-order valence-corrected chi connectivity index (χ1v) is 5.06. The summed E-state index contributed by atoms with van der Waals surface area (Å²) in [6.07, 6.45) is 0.400. The second kappa shape index (κ2) is 3.43. The molecule has 1 aliphatic rings. The molecule has 0 aromatic carbocycles. The van der Waals surface area contributed by atoms with Gasteiger partial charge in [-0.05, 0) is 34.1 Å². The molecular weight excluding hydrogens is 196 g/mol. The second-order valence-electron chi connectivity index (χ2n) is 5.44. The lowest BCUT2D eigenvalue weighted by Gasteiger charge is -2.61. The fourth-order valence-electron chi connectivity index (χ4n) is 2.69. The van der Waals surface area contributed by atoms with Crippen LogP contribution in [0.5, 0.6) is 0 Å². The Hall–Kier alpha value is -0.650. The number of carbonyl (C=O) groups is 1. The highest BCUT2D eigenvalue weighted by Gasteiger charge is 2.49. The largest absolute Gasteiger partial charge is 0.784 e. The van der Waals surface area contributed by atoms with E-state index in [2.05, 4.69) is 0 Å². The Kier molecular flexibility index (Phi) is 2.84. The van der Waals surface area contributed by atoms with E-state index in [1.165, 1.54) is 0 Å². The highest BCUT2D eigenvalue weighted by molar-refractivity contribution is 5.73. The maximum absolute atomic E-state index is 12.0. The first-order valence-electron chi connectivity index (χ1n) is 5.06. The first-order chi connectivity index (χ1) is 6.60. The van der Waals surface area contributed by atoms with E-state index in [4.69, 9.17) is 10.8 Å². The second-order valence-corrected chi connectivity index (χ2v) is 5.44. The van der Waals surface area contributed by atoms with Crippen molar-refractivity contribution in [2.24, 2.45) is 11.7 Å². The lowest BCUT2D eigenvalue weighted by molar-refractivity contribution is -0.153. The van der Waals surface area contributed by atoms with Gasteiger partial charge in [0.2, 0.25) is 0 Å². The first kappa shape index (κ1) is 12.4. The predicted octanol–water partition coefficient (Wildman–Crippen LogP) is 0.775. The lowest BCUT2D eigenvalue weighted by Crippen LogP contribution is -2.67. The summed E-state index contributed by atoms with van der Waals surface area (Å²) >= 11 is 0. The van der Waals surface area contributed by atoms with Crippen molar-refractivity contribution in [1.82, 2.24) is 5.06 Å². The summed E-state index contributed by atoms with van der Waals surface area (Å²) in [7, 11) is 0. The summed E-state index contributed by atoms with van der Waals surface area (Å²) in [5, 5.41) is 22.0. The summed E-state index contributed by atoms with van der Waals surface area (Å²) in [6, 6.07) is -0.474. The number of rotatable bonds is 1. The molecule has 1 heterocycles. The van der Waals surface area contributed by atoms with Crippen LogP contribution in [0, 0.1) is 11.1 Å². The van der Waals surface area contributed by atoms with E-state index in [1.807, 2.05) is 0 Å². The summed E-state index contributed by atoms with van der Waals surface area (Å²) in [5.74, 6) is -1.81. The highest BCUT2D eigenvalue weighted by atomic mass is 16.5. The number of aliphatic carboxylic acids is 1. The fourth-order valence-corrected chi connectivity index (χ4v) is 2.69. The van der Waals surface area contributed by atoms with E-state index in [-0.39, 0.29) is 0 Å². The Balaban J connectivity index is 3.10. The van der Waals surface area contributed by atoms with Gasteiger partial charge < -0.3 is 21.1 Å². The smallest absolute Gasteiger partial charge is 0.309 e. The molecule has 0 aromatic rings. The van der Waals surface area contributed by atoms with Gasteiger partial charge in [-0.15, -0.1) is 0 Å². The van der Waals surface area contributed by atoms with Crippen LogP contribution < -0.4 is 5.73 Å². The zero-order valence-electron chi connectivity index (χ0n) is 9.65.